The minimum absolute atomic E-state index is 0.0318. The van der Waals surface area contributed by atoms with E-state index in [9.17, 15) is 13.2 Å². The van der Waals surface area contributed by atoms with Crippen molar-refractivity contribution >= 4 is 0 Å². The molecular weight excluding hydrogens is 269 g/mol. The van der Waals surface area contributed by atoms with Crippen LogP contribution in [0.4, 0.5) is 13.2 Å². The number of hydrogen-bond acceptors (Lipinski definition) is 2. The molecule has 6 heteroatoms. The number of fused-ring (bicyclic) bond motifs is 1. The Morgan fingerprint density at radius 3 is 2.80 bits per heavy atom. The van der Waals surface area contributed by atoms with E-state index in [1.165, 1.54) is 4.68 Å². The zero-order valence-corrected chi connectivity index (χ0v) is 10.9. The molecule has 0 N–H and O–H groups in total. The van der Waals surface area contributed by atoms with Gasteiger partial charge in [-0.1, -0.05) is 12.1 Å². The van der Waals surface area contributed by atoms with Gasteiger partial charge in [0.2, 0.25) is 0 Å². The molecule has 0 saturated heterocycles. The highest BCUT2D eigenvalue weighted by molar-refractivity contribution is 5.41. The van der Waals surface area contributed by atoms with Gasteiger partial charge in [-0.05, 0) is 24.6 Å². The molecule has 0 atom stereocenters. The summed E-state index contributed by atoms with van der Waals surface area (Å²) in [7, 11) is 0. The molecule has 2 heterocycles. The Bertz CT molecular complexity index is 646. The van der Waals surface area contributed by atoms with Gasteiger partial charge in [-0.3, -0.25) is 0 Å². The molecule has 1 aromatic heterocycles. The van der Waals surface area contributed by atoms with Gasteiger partial charge in [0.15, 0.2) is 5.69 Å². The summed E-state index contributed by atoms with van der Waals surface area (Å²) < 4.78 is 45.7. The van der Waals surface area contributed by atoms with E-state index in [0.29, 0.717) is 24.4 Å². The fourth-order valence-corrected chi connectivity index (χ4v) is 2.44. The summed E-state index contributed by atoms with van der Waals surface area (Å²) in [4.78, 5) is 0. The topological polar surface area (TPSA) is 27.1 Å². The lowest BCUT2D eigenvalue weighted by molar-refractivity contribution is -0.142. The molecule has 1 aliphatic heterocycles. The van der Waals surface area contributed by atoms with Crippen LogP contribution in [0.1, 0.15) is 22.5 Å². The average Bonchev–Trinajstić information content (AvgIpc) is 2.78. The molecule has 106 valence electrons. The van der Waals surface area contributed by atoms with Crippen LogP contribution in [0.3, 0.4) is 0 Å². The quantitative estimate of drug-likeness (QED) is 0.802. The van der Waals surface area contributed by atoms with Crippen LogP contribution in [0.15, 0.2) is 24.3 Å². The summed E-state index contributed by atoms with van der Waals surface area (Å²) in [6.07, 6.45) is -4.02. The smallest absolute Gasteiger partial charge is 0.376 e. The Kier molecular flexibility index (Phi) is 3.05. The zero-order valence-electron chi connectivity index (χ0n) is 10.9. The van der Waals surface area contributed by atoms with Crippen LogP contribution in [0.5, 0.6) is 0 Å². The molecule has 0 spiro atoms. The predicted octanol–water partition coefficient (Wildman–Crippen LogP) is 3.27. The Labute approximate surface area is 114 Å². The maximum atomic E-state index is 13.1. The van der Waals surface area contributed by atoms with Crippen molar-refractivity contribution in [2.45, 2.75) is 26.1 Å². The molecule has 0 radical (unpaired) electrons. The lowest BCUT2D eigenvalue weighted by atomic mass is 10.1. The Hall–Kier alpha value is -1.82. The highest BCUT2D eigenvalue weighted by Gasteiger charge is 2.40. The molecule has 0 bridgehead atoms. The molecule has 3 rings (SSSR count). The molecule has 2 aromatic rings. The van der Waals surface area contributed by atoms with Crippen LogP contribution >= 0.6 is 0 Å². The number of halogens is 3. The fraction of sp³-hybridized carbons (Fsp3) is 0.357. The van der Waals surface area contributed by atoms with E-state index in [-0.39, 0.29) is 12.2 Å². The summed E-state index contributed by atoms with van der Waals surface area (Å²) in [5.74, 6) is 0. The highest BCUT2D eigenvalue weighted by Crippen LogP contribution is 2.35. The van der Waals surface area contributed by atoms with Crippen molar-refractivity contribution < 1.29 is 17.9 Å². The molecular formula is C14H13F3N2O. The minimum atomic E-state index is -4.46. The van der Waals surface area contributed by atoms with E-state index in [4.69, 9.17) is 4.74 Å². The number of nitrogens with zero attached hydrogens (tertiary/aromatic N) is 2. The number of alkyl halides is 3. The standard InChI is InChI=1S/C14H13F3N2O/c1-9-3-2-4-10(7-9)19-12-5-6-20-8-11(12)13(18-19)14(15,16)17/h2-4,7H,5-6,8H2,1H3. The van der Waals surface area contributed by atoms with Crippen LogP contribution < -0.4 is 0 Å². The van der Waals surface area contributed by atoms with Gasteiger partial charge in [0, 0.05) is 12.0 Å². The molecule has 0 unspecified atom stereocenters. The van der Waals surface area contributed by atoms with Gasteiger partial charge in [-0.25, -0.2) is 4.68 Å². The van der Waals surface area contributed by atoms with Crippen molar-refractivity contribution in [3.63, 3.8) is 0 Å². The summed E-state index contributed by atoms with van der Waals surface area (Å²) in [6.45, 7) is 2.28. The molecule has 0 amide bonds. The van der Waals surface area contributed by atoms with Gasteiger partial charge in [0.25, 0.3) is 0 Å². The summed E-state index contributed by atoms with van der Waals surface area (Å²) >= 11 is 0. The highest BCUT2D eigenvalue weighted by atomic mass is 19.4. The minimum Gasteiger partial charge on any atom is -0.376 e. The van der Waals surface area contributed by atoms with Gasteiger partial charge in [0.1, 0.15) is 0 Å². The number of aromatic nitrogens is 2. The maximum absolute atomic E-state index is 13.1. The van der Waals surface area contributed by atoms with Crippen LogP contribution in [0.2, 0.25) is 0 Å². The van der Waals surface area contributed by atoms with Crippen molar-refractivity contribution in [1.82, 2.24) is 9.78 Å². The third kappa shape index (κ3) is 2.20. The van der Waals surface area contributed by atoms with E-state index in [0.717, 1.165) is 5.56 Å². The van der Waals surface area contributed by atoms with E-state index in [2.05, 4.69) is 5.10 Å². The number of rotatable bonds is 1. The second-order valence-electron chi connectivity index (χ2n) is 4.83. The van der Waals surface area contributed by atoms with E-state index < -0.39 is 11.9 Å². The third-order valence-corrected chi connectivity index (χ3v) is 3.33. The maximum Gasteiger partial charge on any atom is 0.435 e. The molecule has 0 saturated carbocycles. The largest absolute Gasteiger partial charge is 0.435 e. The van der Waals surface area contributed by atoms with Crippen LogP contribution in [-0.2, 0) is 23.9 Å². The number of aryl methyl sites for hydroxylation is 1. The molecule has 1 aromatic carbocycles. The van der Waals surface area contributed by atoms with Crippen LogP contribution in [0.25, 0.3) is 5.69 Å². The molecule has 0 fully saturated rings. The predicted molar refractivity (Wildman–Crippen MR) is 66.7 cm³/mol. The van der Waals surface area contributed by atoms with Crippen LogP contribution in [0, 0.1) is 6.92 Å². The third-order valence-electron chi connectivity index (χ3n) is 3.33. The first-order valence-corrected chi connectivity index (χ1v) is 6.29. The monoisotopic (exact) mass is 282 g/mol. The van der Waals surface area contributed by atoms with Crippen molar-refractivity contribution in [3.05, 3.63) is 46.8 Å². The molecule has 20 heavy (non-hydrogen) atoms. The molecule has 0 aliphatic carbocycles. The van der Waals surface area contributed by atoms with Crippen molar-refractivity contribution in [2.24, 2.45) is 0 Å². The second-order valence-corrected chi connectivity index (χ2v) is 4.83. The summed E-state index contributed by atoms with van der Waals surface area (Å²) in [5.41, 5.74) is 1.54. The van der Waals surface area contributed by atoms with E-state index in [1.807, 2.05) is 25.1 Å². The lowest BCUT2D eigenvalue weighted by Gasteiger charge is -2.15. The number of ether oxygens (including phenoxy) is 1. The van der Waals surface area contributed by atoms with Gasteiger partial charge >= 0.3 is 6.18 Å². The van der Waals surface area contributed by atoms with Gasteiger partial charge in [0.05, 0.1) is 24.6 Å². The first-order valence-electron chi connectivity index (χ1n) is 6.29. The number of hydrogen-bond donors (Lipinski definition) is 0. The van der Waals surface area contributed by atoms with Gasteiger partial charge in [-0.2, -0.15) is 18.3 Å². The first kappa shape index (κ1) is 13.2. The van der Waals surface area contributed by atoms with Gasteiger partial charge < -0.3 is 4.74 Å². The normalized spacial score (nSPS) is 15.2. The van der Waals surface area contributed by atoms with E-state index >= 15 is 0 Å². The average molecular weight is 282 g/mol. The van der Waals surface area contributed by atoms with Crippen molar-refractivity contribution in [2.75, 3.05) is 6.61 Å². The van der Waals surface area contributed by atoms with E-state index in [1.54, 1.807) is 6.07 Å². The molecule has 3 nitrogen and oxygen atoms in total. The molecule has 1 aliphatic rings. The second kappa shape index (κ2) is 4.63. The van der Waals surface area contributed by atoms with Crippen LogP contribution in [-0.4, -0.2) is 16.4 Å². The number of benzene rings is 1. The van der Waals surface area contributed by atoms with Crippen molar-refractivity contribution in [1.29, 1.82) is 0 Å². The SMILES string of the molecule is Cc1cccc(-n2nc(C(F)(F)F)c3c2CCOC3)c1. The summed E-state index contributed by atoms with van der Waals surface area (Å²) in [6, 6.07) is 7.29. The van der Waals surface area contributed by atoms with Gasteiger partial charge in [-0.15, -0.1) is 0 Å². The zero-order chi connectivity index (χ0) is 14.3. The Morgan fingerprint density at radius 2 is 2.10 bits per heavy atom. The summed E-state index contributed by atoms with van der Waals surface area (Å²) in [5, 5.41) is 3.79. The van der Waals surface area contributed by atoms with Crippen molar-refractivity contribution in [3.8, 4) is 5.69 Å². The first-order chi connectivity index (χ1) is 9.47. The Morgan fingerprint density at radius 1 is 1.30 bits per heavy atom. The lowest BCUT2D eigenvalue weighted by Crippen LogP contribution is -2.15. The Balaban J connectivity index is 2.19. The fourth-order valence-electron chi connectivity index (χ4n) is 2.44.